The topological polar surface area (TPSA) is 81.9 Å². The Labute approximate surface area is 178 Å². The number of benzene rings is 1. The molecular weight excluding hydrogens is 410 g/mol. The van der Waals surface area contributed by atoms with E-state index in [-0.39, 0.29) is 16.8 Å². The highest BCUT2D eigenvalue weighted by molar-refractivity contribution is 7.99. The third kappa shape index (κ3) is 5.48. The zero-order valence-electron chi connectivity index (χ0n) is 16.5. The third-order valence-electron chi connectivity index (χ3n) is 4.32. The van der Waals surface area contributed by atoms with Crippen molar-refractivity contribution in [3.63, 3.8) is 0 Å². The molecule has 0 spiro atoms. The molecule has 1 amide bonds. The molecule has 2 heterocycles. The van der Waals surface area contributed by atoms with Crippen LogP contribution in [0.1, 0.15) is 23.9 Å². The summed E-state index contributed by atoms with van der Waals surface area (Å²) >= 11 is 7.28. The first-order valence-corrected chi connectivity index (χ1v) is 10.5. The number of amides is 1. The molecular formula is C20H22ClN5O2S. The van der Waals surface area contributed by atoms with E-state index in [1.807, 2.05) is 29.7 Å². The van der Waals surface area contributed by atoms with Crippen molar-refractivity contribution in [1.29, 1.82) is 0 Å². The zero-order chi connectivity index (χ0) is 20.8. The molecule has 0 bridgehead atoms. The monoisotopic (exact) mass is 431 g/mol. The first kappa shape index (κ1) is 21.1. The summed E-state index contributed by atoms with van der Waals surface area (Å²) in [6.45, 7) is 7.10. The lowest BCUT2D eigenvalue weighted by atomic mass is 10.1. The van der Waals surface area contributed by atoms with Crippen molar-refractivity contribution < 1.29 is 9.53 Å². The Morgan fingerprint density at radius 3 is 2.79 bits per heavy atom. The molecule has 0 fully saturated rings. The summed E-state index contributed by atoms with van der Waals surface area (Å²) in [5, 5.41) is 12.1. The van der Waals surface area contributed by atoms with Crippen molar-refractivity contribution >= 4 is 35.0 Å². The van der Waals surface area contributed by atoms with Crippen LogP contribution in [0.4, 0.5) is 5.69 Å². The van der Waals surface area contributed by atoms with Crippen molar-refractivity contribution in [3.05, 3.63) is 58.6 Å². The van der Waals surface area contributed by atoms with E-state index in [1.54, 1.807) is 18.3 Å². The van der Waals surface area contributed by atoms with Gasteiger partial charge in [0.05, 0.1) is 11.4 Å². The van der Waals surface area contributed by atoms with Crippen LogP contribution in [0.25, 0.3) is 0 Å². The quantitative estimate of drug-likeness (QED) is 0.423. The van der Waals surface area contributed by atoms with E-state index in [9.17, 15) is 4.79 Å². The van der Waals surface area contributed by atoms with Gasteiger partial charge in [0.15, 0.2) is 16.1 Å². The largest absolute Gasteiger partial charge is 0.486 e. The molecule has 29 heavy (non-hydrogen) atoms. The van der Waals surface area contributed by atoms with Gasteiger partial charge in [-0.2, -0.15) is 0 Å². The number of thioether (sulfide) groups is 1. The molecule has 0 aliphatic heterocycles. The number of ether oxygens (including phenoxy) is 1. The maximum atomic E-state index is 12.2. The zero-order valence-corrected chi connectivity index (χ0v) is 18.0. The first-order chi connectivity index (χ1) is 14.0. The Balaban J connectivity index is 1.59. The maximum Gasteiger partial charge on any atom is 0.234 e. The molecule has 0 saturated heterocycles. The fourth-order valence-corrected chi connectivity index (χ4v) is 3.59. The second-order valence-corrected chi connectivity index (χ2v) is 7.66. The van der Waals surface area contributed by atoms with E-state index >= 15 is 0 Å². The number of hydrogen-bond donors (Lipinski definition) is 1. The number of halogens is 1. The van der Waals surface area contributed by atoms with Crippen LogP contribution >= 0.6 is 23.4 Å². The lowest BCUT2D eigenvalue weighted by Crippen LogP contribution is -2.15. The van der Waals surface area contributed by atoms with Gasteiger partial charge in [-0.25, -0.2) is 4.98 Å². The number of hydrogen-bond acceptors (Lipinski definition) is 6. The van der Waals surface area contributed by atoms with Crippen LogP contribution in [-0.2, 0) is 17.9 Å². The SMILES string of the molecule is CCn1c(COc2ccc(C)c(C)c2)nnc1SCC(=O)Nc1cccnc1Cl. The van der Waals surface area contributed by atoms with E-state index in [0.29, 0.717) is 29.8 Å². The molecule has 9 heteroatoms. The van der Waals surface area contributed by atoms with Crippen LogP contribution in [0.3, 0.4) is 0 Å². The Bertz CT molecular complexity index is 1010. The fraction of sp³-hybridized carbons (Fsp3) is 0.300. The summed E-state index contributed by atoms with van der Waals surface area (Å²) in [4.78, 5) is 16.2. The second kappa shape index (κ2) is 9.76. The molecule has 0 aliphatic carbocycles. The van der Waals surface area contributed by atoms with Gasteiger partial charge < -0.3 is 14.6 Å². The van der Waals surface area contributed by atoms with Gasteiger partial charge in [-0.1, -0.05) is 29.4 Å². The van der Waals surface area contributed by atoms with Crippen molar-refractivity contribution in [2.45, 2.75) is 39.1 Å². The average Bonchev–Trinajstić information content (AvgIpc) is 3.11. The van der Waals surface area contributed by atoms with Gasteiger partial charge in [-0.15, -0.1) is 10.2 Å². The Morgan fingerprint density at radius 2 is 2.07 bits per heavy atom. The molecule has 3 rings (SSSR count). The molecule has 0 unspecified atom stereocenters. The summed E-state index contributed by atoms with van der Waals surface area (Å²) < 4.78 is 7.81. The fourth-order valence-electron chi connectivity index (χ4n) is 2.60. The molecule has 7 nitrogen and oxygen atoms in total. The second-order valence-electron chi connectivity index (χ2n) is 6.36. The highest BCUT2D eigenvalue weighted by Crippen LogP contribution is 2.22. The van der Waals surface area contributed by atoms with Gasteiger partial charge in [0.2, 0.25) is 5.91 Å². The van der Waals surface area contributed by atoms with E-state index in [2.05, 4.69) is 34.3 Å². The summed E-state index contributed by atoms with van der Waals surface area (Å²) in [5.74, 6) is 1.49. The van der Waals surface area contributed by atoms with Crippen LogP contribution < -0.4 is 10.1 Å². The number of pyridine rings is 1. The van der Waals surface area contributed by atoms with Crippen molar-refractivity contribution in [2.24, 2.45) is 0 Å². The van der Waals surface area contributed by atoms with Crippen molar-refractivity contribution in [1.82, 2.24) is 19.7 Å². The van der Waals surface area contributed by atoms with Crippen LogP contribution in [0.15, 0.2) is 41.7 Å². The van der Waals surface area contributed by atoms with Gasteiger partial charge in [0.1, 0.15) is 12.4 Å². The van der Waals surface area contributed by atoms with Gasteiger partial charge in [0.25, 0.3) is 0 Å². The van der Waals surface area contributed by atoms with Crippen molar-refractivity contribution in [3.8, 4) is 5.75 Å². The predicted octanol–water partition coefficient (Wildman–Crippen LogP) is 4.27. The number of nitrogens with one attached hydrogen (secondary N) is 1. The summed E-state index contributed by atoms with van der Waals surface area (Å²) in [5.41, 5.74) is 2.88. The minimum Gasteiger partial charge on any atom is -0.486 e. The summed E-state index contributed by atoms with van der Waals surface area (Å²) in [6, 6.07) is 9.40. The summed E-state index contributed by atoms with van der Waals surface area (Å²) in [7, 11) is 0. The average molecular weight is 432 g/mol. The van der Waals surface area contributed by atoms with Gasteiger partial charge in [-0.05, 0) is 56.2 Å². The molecule has 3 aromatic rings. The Kier molecular flexibility index (Phi) is 7.11. The maximum absolute atomic E-state index is 12.2. The normalized spacial score (nSPS) is 10.8. The number of rotatable bonds is 8. The molecule has 0 radical (unpaired) electrons. The Morgan fingerprint density at radius 1 is 1.24 bits per heavy atom. The molecule has 1 N–H and O–H groups in total. The highest BCUT2D eigenvalue weighted by Gasteiger charge is 2.14. The first-order valence-electron chi connectivity index (χ1n) is 9.13. The number of anilines is 1. The predicted molar refractivity (Wildman–Crippen MR) is 115 cm³/mol. The minimum absolute atomic E-state index is 0.182. The minimum atomic E-state index is -0.191. The summed E-state index contributed by atoms with van der Waals surface area (Å²) in [6.07, 6.45) is 1.57. The van der Waals surface area contributed by atoms with Gasteiger partial charge >= 0.3 is 0 Å². The number of carbonyl (C=O) groups is 1. The van der Waals surface area contributed by atoms with Crippen LogP contribution in [0.5, 0.6) is 5.75 Å². The lowest BCUT2D eigenvalue weighted by Gasteiger charge is -2.10. The Hall–Kier alpha value is -2.58. The smallest absolute Gasteiger partial charge is 0.234 e. The van der Waals surface area contributed by atoms with E-state index in [4.69, 9.17) is 16.3 Å². The van der Waals surface area contributed by atoms with E-state index in [0.717, 1.165) is 5.75 Å². The van der Waals surface area contributed by atoms with Gasteiger partial charge in [-0.3, -0.25) is 4.79 Å². The molecule has 1 aromatic carbocycles. The third-order valence-corrected chi connectivity index (χ3v) is 5.59. The van der Waals surface area contributed by atoms with E-state index < -0.39 is 0 Å². The molecule has 0 saturated carbocycles. The van der Waals surface area contributed by atoms with Crippen LogP contribution in [-0.4, -0.2) is 31.4 Å². The highest BCUT2D eigenvalue weighted by atomic mass is 35.5. The molecule has 2 aromatic heterocycles. The van der Waals surface area contributed by atoms with Gasteiger partial charge in [0, 0.05) is 12.7 Å². The number of carbonyl (C=O) groups excluding carboxylic acids is 1. The number of aromatic nitrogens is 4. The number of aryl methyl sites for hydroxylation is 2. The number of nitrogens with zero attached hydrogens (tertiary/aromatic N) is 4. The van der Waals surface area contributed by atoms with E-state index in [1.165, 1.54) is 22.9 Å². The molecule has 0 atom stereocenters. The van der Waals surface area contributed by atoms with Crippen LogP contribution in [0, 0.1) is 13.8 Å². The molecule has 0 aliphatic rings. The lowest BCUT2D eigenvalue weighted by molar-refractivity contribution is -0.113. The van der Waals surface area contributed by atoms with Crippen molar-refractivity contribution in [2.75, 3.05) is 11.1 Å². The molecule has 152 valence electrons. The van der Waals surface area contributed by atoms with Crippen LogP contribution in [0.2, 0.25) is 5.15 Å². The standard InChI is InChI=1S/C20H22ClN5O2S/c1-4-26-17(11-28-15-8-7-13(2)14(3)10-15)24-25-20(26)29-12-18(27)23-16-6-5-9-22-19(16)21/h5-10H,4,11-12H2,1-3H3,(H,23,27).